The molecule has 0 unspecified atom stereocenters. The lowest BCUT2D eigenvalue weighted by Gasteiger charge is -2.37. The highest BCUT2D eigenvalue weighted by Gasteiger charge is 2.38. The van der Waals surface area contributed by atoms with E-state index < -0.39 is 5.54 Å². The SMILES string of the molecule is Cn1ccn(-c2cccc(C3(N=C=O)CCC3)c2)c1=O. The van der Waals surface area contributed by atoms with Crippen molar-refractivity contribution in [2.45, 2.75) is 24.8 Å². The minimum Gasteiger partial charge on any atom is -0.302 e. The zero-order valence-electron chi connectivity index (χ0n) is 11.2. The van der Waals surface area contributed by atoms with Crippen LogP contribution in [-0.4, -0.2) is 15.2 Å². The van der Waals surface area contributed by atoms with Crippen LogP contribution in [0.15, 0.2) is 46.4 Å². The van der Waals surface area contributed by atoms with E-state index in [9.17, 15) is 9.59 Å². The van der Waals surface area contributed by atoms with Crippen molar-refractivity contribution in [3.05, 3.63) is 52.7 Å². The summed E-state index contributed by atoms with van der Waals surface area (Å²) in [7, 11) is 1.72. The van der Waals surface area contributed by atoms with E-state index in [1.54, 1.807) is 30.1 Å². The van der Waals surface area contributed by atoms with Crippen LogP contribution in [0.3, 0.4) is 0 Å². The van der Waals surface area contributed by atoms with Crippen LogP contribution in [0.2, 0.25) is 0 Å². The number of nitrogens with zero attached hydrogens (tertiary/aromatic N) is 3. The summed E-state index contributed by atoms with van der Waals surface area (Å²) < 4.78 is 3.11. The molecule has 1 fully saturated rings. The number of imidazole rings is 1. The van der Waals surface area contributed by atoms with Crippen LogP contribution in [0.5, 0.6) is 0 Å². The molecule has 0 saturated heterocycles. The molecule has 1 aromatic carbocycles. The maximum atomic E-state index is 12.0. The van der Waals surface area contributed by atoms with Gasteiger partial charge in [0.05, 0.1) is 11.2 Å². The van der Waals surface area contributed by atoms with Crippen molar-refractivity contribution in [2.24, 2.45) is 12.0 Å². The molecule has 0 aliphatic heterocycles. The van der Waals surface area contributed by atoms with Crippen LogP contribution in [-0.2, 0) is 17.4 Å². The average Bonchev–Trinajstić information content (AvgIpc) is 2.75. The molecule has 5 heteroatoms. The highest BCUT2D eigenvalue weighted by Crippen LogP contribution is 2.44. The van der Waals surface area contributed by atoms with E-state index in [1.807, 2.05) is 24.3 Å². The smallest absolute Gasteiger partial charge is 0.302 e. The average molecular weight is 269 g/mol. The zero-order chi connectivity index (χ0) is 14.2. The number of rotatable bonds is 3. The fourth-order valence-electron chi connectivity index (χ4n) is 2.67. The van der Waals surface area contributed by atoms with Gasteiger partial charge in [0, 0.05) is 19.4 Å². The lowest BCUT2D eigenvalue weighted by molar-refractivity contribution is 0.256. The highest BCUT2D eigenvalue weighted by atomic mass is 16.1. The molecule has 0 N–H and O–H groups in total. The van der Waals surface area contributed by atoms with Gasteiger partial charge in [-0.25, -0.2) is 9.59 Å². The van der Waals surface area contributed by atoms with Crippen molar-refractivity contribution in [3.63, 3.8) is 0 Å². The number of carbonyl (C=O) groups excluding carboxylic acids is 1. The quantitative estimate of drug-likeness (QED) is 0.631. The van der Waals surface area contributed by atoms with E-state index in [1.165, 1.54) is 4.57 Å². The van der Waals surface area contributed by atoms with Crippen LogP contribution in [0.1, 0.15) is 24.8 Å². The first-order valence-electron chi connectivity index (χ1n) is 6.60. The van der Waals surface area contributed by atoms with Gasteiger partial charge in [-0.2, -0.15) is 4.99 Å². The summed E-state index contributed by atoms with van der Waals surface area (Å²) in [6, 6.07) is 7.66. The van der Waals surface area contributed by atoms with Crippen LogP contribution in [0, 0.1) is 0 Å². The van der Waals surface area contributed by atoms with Crippen molar-refractivity contribution in [1.82, 2.24) is 9.13 Å². The molecule has 1 aliphatic carbocycles. The van der Waals surface area contributed by atoms with E-state index in [0.29, 0.717) is 0 Å². The highest BCUT2D eigenvalue weighted by molar-refractivity contribution is 5.43. The molecule has 0 bridgehead atoms. The molecule has 1 saturated carbocycles. The Morgan fingerprint density at radius 1 is 1.30 bits per heavy atom. The van der Waals surface area contributed by atoms with Crippen molar-refractivity contribution in [3.8, 4) is 5.69 Å². The molecule has 0 radical (unpaired) electrons. The summed E-state index contributed by atoms with van der Waals surface area (Å²) in [5, 5.41) is 0. The number of aryl methyl sites for hydroxylation is 1. The number of isocyanates is 1. The molecule has 3 rings (SSSR count). The molecule has 0 amide bonds. The third kappa shape index (κ3) is 1.84. The molecule has 20 heavy (non-hydrogen) atoms. The van der Waals surface area contributed by atoms with Gasteiger partial charge in [0.15, 0.2) is 0 Å². The van der Waals surface area contributed by atoms with Crippen LogP contribution in [0.25, 0.3) is 5.69 Å². The maximum Gasteiger partial charge on any atom is 0.332 e. The molecule has 5 nitrogen and oxygen atoms in total. The van der Waals surface area contributed by atoms with E-state index >= 15 is 0 Å². The lowest BCUT2D eigenvalue weighted by Crippen LogP contribution is -2.32. The van der Waals surface area contributed by atoms with E-state index in [0.717, 1.165) is 30.5 Å². The largest absolute Gasteiger partial charge is 0.332 e. The molecular weight excluding hydrogens is 254 g/mol. The van der Waals surface area contributed by atoms with Gasteiger partial charge in [0.25, 0.3) is 0 Å². The Morgan fingerprint density at radius 3 is 2.65 bits per heavy atom. The third-order valence-corrected chi connectivity index (χ3v) is 4.05. The van der Waals surface area contributed by atoms with Crippen molar-refractivity contribution < 1.29 is 4.79 Å². The Balaban J connectivity index is 2.08. The number of hydrogen-bond acceptors (Lipinski definition) is 3. The standard InChI is InChI=1S/C15H15N3O2/c1-17-8-9-18(14(17)20)13-5-2-4-12(10-13)15(16-11-19)6-3-7-15/h2,4-5,8-10H,3,6-7H2,1H3. The summed E-state index contributed by atoms with van der Waals surface area (Å²) in [5.41, 5.74) is 1.24. The summed E-state index contributed by atoms with van der Waals surface area (Å²) >= 11 is 0. The van der Waals surface area contributed by atoms with Gasteiger partial charge in [-0.3, -0.25) is 4.57 Å². The Kier molecular flexibility index (Phi) is 2.92. The first kappa shape index (κ1) is 12.6. The van der Waals surface area contributed by atoms with Crippen molar-refractivity contribution in [2.75, 3.05) is 0 Å². The predicted octanol–water partition coefficient (Wildman–Crippen LogP) is 1.89. The van der Waals surface area contributed by atoms with Crippen LogP contribution < -0.4 is 5.69 Å². The molecule has 0 atom stereocenters. The Bertz CT molecular complexity index is 746. The number of hydrogen-bond donors (Lipinski definition) is 0. The second-order valence-electron chi connectivity index (χ2n) is 5.20. The van der Waals surface area contributed by atoms with Gasteiger partial charge >= 0.3 is 5.69 Å². The van der Waals surface area contributed by atoms with Crippen molar-refractivity contribution >= 4 is 6.08 Å². The zero-order valence-corrected chi connectivity index (χ0v) is 11.2. The Morgan fingerprint density at radius 2 is 2.10 bits per heavy atom. The lowest BCUT2D eigenvalue weighted by atomic mass is 9.72. The number of aromatic nitrogens is 2. The minimum atomic E-state index is -0.434. The molecule has 1 aliphatic rings. The van der Waals surface area contributed by atoms with E-state index in [-0.39, 0.29) is 5.69 Å². The summed E-state index contributed by atoms with van der Waals surface area (Å²) in [6.07, 6.45) is 7.91. The van der Waals surface area contributed by atoms with Crippen LogP contribution >= 0.6 is 0 Å². The van der Waals surface area contributed by atoms with Gasteiger partial charge in [0.2, 0.25) is 6.08 Å². The summed E-state index contributed by atoms with van der Waals surface area (Å²) in [4.78, 5) is 26.6. The molecule has 2 aromatic rings. The van der Waals surface area contributed by atoms with Gasteiger partial charge < -0.3 is 4.57 Å². The minimum absolute atomic E-state index is 0.0938. The third-order valence-electron chi connectivity index (χ3n) is 4.05. The molecule has 0 spiro atoms. The fourth-order valence-corrected chi connectivity index (χ4v) is 2.67. The Labute approximate surface area is 116 Å². The topological polar surface area (TPSA) is 56.4 Å². The monoisotopic (exact) mass is 269 g/mol. The van der Waals surface area contributed by atoms with Gasteiger partial charge in [-0.05, 0) is 37.0 Å². The predicted molar refractivity (Wildman–Crippen MR) is 74.7 cm³/mol. The van der Waals surface area contributed by atoms with Crippen LogP contribution in [0.4, 0.5) is 0 Å². The van der Waals surface area contributed by atoms with Crippen molar-refractivity contribution in [1.29, 1.82) is 0 Å². The van der Waals surface area contributed by atoms with E-state index in [2.05, 4.69) is 4.99 Å². The summed E-state index contributed by atoms with van der Waals surface area (Å²) in [5.74, 6) is 0. The number of benzene rings is 1. The first-order chi connectivity index (χ1) is 9.66. The maximum absolute atomic E-state index is 12.0. The number of aliphatic imine (C=N–C) groups is 1. The molecule has 102 valence electrons. The molecule has 1 heterocycles. The van der Waals surface area contributed by atoms with E-state index in [4.69, 9.17) is 0 Å². The second kappa shape index (κ2) is 4.62. The van der Waals surface area contributed by atoms with Gasteiger partial charge in [0.1, 0.15) is 0 Å². The Hall–Kier alpha value is -2.39. The normalized spacial score (nSPS) is 16.2. The summed E-state index contributed by atoms with van der Waals surface area (Å²) in [6.45, 7) is 0. The molecular formula is C15H15N3O2. The van der Waals surface area contributed by atoms with Gasteiger partial charge in [-0.15, -0.1) is 0 Å². The first-order valence-corrected chi connectivity index (χ1v) is 6.60. The molecule has 1 aromatic heterocycles. The second-order valence-corrected chi connectivity index (χ2v) is 5.20. The fraction of sp³-hybridized carbons (Fsp3) is 0.333. The van der Waals surface area contributed by atoms with Gasteiger partial charge in [-0.1, -0.05) is 12.1 Å².